The first-order valence-electron chi connectivity index (χ1n) is 7.77. The van der Waals surface area contributed by atoms with E-state index in [1.54, 1.807) is 20.8 Å². The first-order chi connectivity index (χ1) is 12.9. The van der Waals surface area contributed by atoms with Crippen LogP contribution in [-0.4, -0.2) is 52.6 Å². The number of esters is 1. The van der Waals surface area contributed by atoms with Gasteiger partial charge in [-0.1, -0.05) is 0 Å². The third-order valence-electron chi connectivity index (χ3n) is 3.06. The monoisotopic (exact) mass is 418 g/mol. The van der Waals surface area contributed by atoms with Gasteiger partial charge in [-0.05, 0) is 32.9 Å². The van der Waals surface area contributed by atoms with Crippen molar-refractivity contribution < 1.29 is 38.3 Å². The normalized spacial score (nSPS) is 12.0. The SMILES string of the molecule is COC(=O)c1ccc(SC[C@H](NC(=O)OC(C)(C)C)C(=O)O)c([N+](=O)[O-])c1F. The van der Waals surface area contributed by atoms with Crippen molar-refractivity contribution in [2.75, 3.05) is 12.9 Å². The van der Waals surface area contributed by atoms with Crippen LogP contribution in [0.4, 0.5) is 14.9 Å². The molecule has 0 aliphatic heterocycles. The molecule has 1 rings (SSSR count). The third-order valence-corrected chi connectivity index (χ3v) is 4.20. The zero-order valence-corrected chi connectivity index (χ0v) is 16.3. The summed E-state index contributed by atoms with van der Waals surface area (Å²) in [7, 11) is 0.996. The van der Waals surface area contributed by atoms with Gasteiger partial charge in [-0.25, -0.2) is 14.4 Å². The molecule has 2 N–H and O–H groups in total. The number of rotatable bonds is 7. The van der Waals surface area contributed by atoms with E-state index in [1.165, 1.54) is 0 Å². The Kier molecular flexibility index (Phi) is 7.73. The number of methoxy groups -OCH3 is 1. The van der Waals surface area contributed by atoms with E-state index in [1.807, 2.05) is 0 Å². The number of carbonyl (C=O) groups excluding carboxylic acids is 2. The van der Waals surface area contributed by atoms with Crippen molar-refractivity contribution in [2.45, 2.75) is 37.3 Å². The van der Waals surface area contributed by atoms with Crippen LogP contribution in [0.25, 0.3) is 0 Å². The maximum Gasteiger partial charge on any atom is 0.408 e. The fourth-order valence-electron chi connectivity index (χ4n) is 1.90. The zero-order valence-electron chi connectivity index (χ0n) is 15.5. The van der Waals surface area contributed by atoms with Crippen molar-refractivity contribution in [3.63, 3.8) is 0 Å². The van der Waals surface area contributed by atoms with Crippen LogP contribution in [0, 0.1) is 15.9 Å². The van der Waals surface area contributed by atoms with Crippen molar-refractivity contribution in [2.24, 2.45) is 0 Å². The highest BCUT2D eigenvalue weighted by Crippen LogP contribution is 2.34. The molecular weight excluding hydrogens is 399 g/mol. The van der Waals surface area contributed by atoms with E-state index in [2.05, 4.69) is 10.1 Å². The number of ether oxygens (including phenoxy) is 2. The Balaban J connectivity index is 3.04. The molecule has 0 spiro atoms. The number of thioether (sulfide) groups is 1. The van der Waals surface area contributed by atoms with Gasteiger partial charge in [0.15, 0.2) is 0 Å². The minimum absolute atomic E-state index is 0.215. The van der Waals surface area contributed by atoms with Crippen molar-refractivity contribution in [1.82, 2.24) is 5.32 Å². The lowest BCUT2D eigenvalue weighted by Crippen LogP contribution is -2.44. The van der Waals surface area contributed by atoms with E-state index < -0.39 is 51.7 Å². The number of carboxylic acid groups (broad SMARTS) is 1. The molecule has 0 saturated carbocycles. The van der Waals surface area contributed by atoms with Gasteiger partial charge in [0, 0.05) is 5.75 Å². The van der Waals surface area contributed by atoms with Gasteiger partial charge in [-0.3, -0.25) is 10.1 Å². The Labute approximate surface area is 163 Å². The smallest absolute Gasteiger partial charge is 0.408 e. The second-order valence-electron chi connectivity index (χ2n) is 6.37. The van der Waals surface area contributed by atoms with E-state index >= 15 is 0 Å². The van der Waals surface area contributed by atoms with Crippen molar-refractivity contribution in [3.05, 3.63) is 33.6 Å². The Bertz CT molecular complexity index is 794. The quantitative estimate of drug-likeness (QED) is 0.295. The highest BCUT2D eigenvalue weighted by atomic mass is 32.2. The molecule has 0 unspecified atom stereocenters. The second kappa shape index (κ2) is 9.35. The summed E-state index contributed by atoms with van der Waals surface area (Å²) in [5, 5.41) is 22.6. The number of nitrogens with one attached hydrogen (secondary N) is 1. The minimum atomic E-state index is -1.46. The lowest BCUT2D eigenvalue weighted by molar-refractivity contribution is -0.390. The van der Waals surface area contributed by atoms with E-state index in [0.717, 1.165) is 19.2 Å². The van der Waals surface area contributed by atoms with Crippen LogP contribution in [0.15, 0.2) is 17.0 Å². The average molecular weight is 418 g/mol. The number of nitro groups is 1. The fraction of sp³-hybridized carbons (Fsp3) is 0.438. The number of hydrogen-bond acceptors (Lipinski definition) is 8. The molecule has 0 radical (unpaired) electrons. The highest BCUT2D eigenvalue weighted by Gasteiger charge is 2.29. The maximum absolute atomic E-state index is 14.3. The molecule has 1 atom stereocenters. The van der Waals surface area contributed by atoms with Gasteiger partial charge >= 0.3 is 23.7 Å². The summed E-state index contributed by atoms with van der Waals surface area (Å²) in [6, 6.07) is 0.640. The molecule has 0 bridgehead atoms. The molecule has 0 saturated heterocycles. The molecule has 28 heavy (non-hydrogen) atoms. The minimum Gasteiger partial charge on any atom is -0.480 e. The number of hydrogen-bond donors (Lipinski definition) is 2. The summed E-state index contributed by atoms with van der Waals surface area (Å²) in [4.78, 5) is 44.5. The largest absolute Gasteiger partial charge is 0.480 e. The first-order valence-corrected chi connectivity index (χ1v) is 8.76. The molecule has 0 fully saturated rings. The second-order valence-corrected chi connectivity index (χ2v) is 7.43. The molecule has 10 nitrogen and oxygen atoms in total. The predicted octanol–water partition coefficient (Wildman–Crippen LogP) is 2.59. The number of carboxylic acids is 1. The van der Waals surface area contributed by atoms with Crippen LogP contribution in [0.2, 0.25) is 0 Å². The Morgan fingerprint density at radius 2 is 1.96 bits per heavy atom. The lowest BCUT2D eigenvalue weighted by atomic mass is 10.2. The number of aliphatic carboxylic acids is 1. The molecule has 0 aliphatic rings. The summed E-state index contributed by atoms with van der Waals surface area (Å²) in [5.41, 5.74) is -2.47. The molecule has 1 aromatic rings. The molecule has 154 valence electrons. The van der Waals surface area contributed by atoms with Crippen molar-refractivity contribution in [3.8, 4) is 0 Å². The Morgan fingerprint density at radius 3 is 2.43 bits per heavy atom. The number of carbonyl (C=O) groups is 3. The third kappa shape index (κ3) is 6.37. The molecule has 0 aliphatic carbocycles. The van der Waals surface area contributed by atoms with E-state index in [-0.39, 0.29) is 10.6 Å². The van der Waals surface area contributed by atoms with E-state index in [4.69, 9.17) is 4.74 Å². The average Bonchev–Trinajstić information content (AvgIpc) is 2.55. The van der Waals surface area contributed by atoms with E-state index in [0.29, 0.717) is 11.8 Å². The number of nitro benzene ring substituents is 1. The lowest BCUT2D eigenvalue weighted by Gasteiger charge is -2.21. The number of benzene rings is 1. The molecule has 1 amide bonds. The van der Waals surface area contributed by atoms with Crippen LogP contribution in [0.3, 0.4) is 0 Å². The topological polar surface area (TPSA) is 145 Å². The van der Waals surface area contributed by atoms with Gasteiger partial charge in [0.2, 0.25) is 5.82 Å². The number of halogens is 1. The van der Waals surface area contributed by atoms with Crippen LogP contribution < -0.4 is 5.32 Å². The standard InChI is InChI=1S/C16H19FN2O8S/c1-16(2,3)27-15(23)18-9(13(20)21)7-28-10-6-5-8(14(22)26-4)11(17)12(10)19(24)25/h5-6,9H,7H2,1-4H3,(H,18,23)(H,20,21)/t9-/m0/s1. The van der Waals surface area contributed by atoms with Gasteiger partial charge in [0.25, 0.3) is 0 Å². The fourth-order valence-corrected chi connectivity index (χ4v) is 2.94. The Hall–Kier alpha value is -2.89. The summed E-state index contributed by atoms with van der Waals surface area (Å²) in [6.45, 7) is 4.77. The van der Waals surface area contributed by atoms with Crippen molar-refractivity contribution in [1.29, 1.82) is 0 Å². The molecule has 12 heteroatoms. The van der Waals surface area contributed by atoms with Crippen LogP contribution in [-0.2, 0) is 14.3 Å². The molecular formula is C16H19FN2O8S. The first kappa shape index (κ1) is 23.1. The number of amides is 1. The number of alkyl carbamates (subject to hydrolysis) is 1. The summed E-state index contributed by atoms with van der Waals surface area (Å²) < 4.78 is 23.7. The van der Waals surface area contributed by atoms with E-state index in [9.17, 15) is 34.0 Å². The molecule has 0 aromatic heterocycles. The molecule has 1 aromatic carbocycles. The molecule has 0 heterocycles. The summed E-state index contributed by atoms with van der Waals surface area (Å²) >= 11 is 0.629. The zero-order chi connectivity index (χ0) is 21.6. The number of nitrogens with zero attached hydrogens (tertiary/aromatic N) is 1. The van der Waals surface area contributed by atoms with Crippen molar-refractivity contribution >= 4 is 35.5 Å². The van der Waals surface area contributed by atoms with Gasteiger partial charge < -0.3 is 19.9 Å². The predicted molar refractivity (Wildman–Crippen MR) is 95.9 cm³/mol. The summed E-state index contributed by atoms with van der Waals surface area (Å²) in [6.07, 6.45) is -0.984. The summed E-state index contributed by atoms with van der Waals surface area (Å²) in [5.74, 6) is -4.25. The van der Waals surface area contributed by atoms with Gasteiger partial charge in [0.1, 0.15) is 17.2 Å². The van der Waals surface area contributed by atoms with Gasteiger partial charge in [0.05, 0.1) is 16.9 Å². The highest BCUT2D eigenvalue weighted by molar-refractivity contribution is 7.99. The van der Waals surface area contributed by atoms with Crippen LogP contribution in [0.5, 0.6) is 0 Å². The van der Waals surface area contributed by atoms with Crippen LogP contribution in [0.1, 0.15) is 31.1 Å². The van der Waals surface area contributed by atoms with Gasteiger partial charge in [-0.15, -0.1) is 11.8 Å². The van der Waals surface area contributed by atoms with Gasteiger partial charge in [-0.2, -0.15) is 4.39 Å². The Morgan fingerprint density at radius 1 is 1.36 bits per heavy atom. The maximum atomic E-state index is 14.3. The van der Waals surface area contributed by atoms with Crippen LogP contribution >= 0.6 is 11.8 Å².